The van der Waals surface area contributed by atoms with E-state index >= 15 is 0 Å². The molecular weight excluding hydrogens is 504 g/mol. The van der Waals surface area contributed by atoms with Crippen LogP contribution < -0.4 is 15.4 Å². The summed E-state index contributed by atoms with van der Waals surface area (Å²) in [6, 6.07) is 12.1. The van der Waals surface area contributed by atoms with E-state index in [1.165, 1.54) is 16.9 Å². The van der Waals surface area contributed by atoms with Gasteiger partial charge in [0.2, 0.25) is 11.8 Å². The summed E-state index contributed by atoms with van der Waals surface area (Å²) < 4.78 is 5.78. The molecule has 1 aromatic carbocycles. The number of aryl methyl sites for hydroxylation is 1. The van der Waals surface area contributed by atoms with E-state index in [0.717, 1.165) is 66.5 Å². The Hall–Kier alpha value is -2.75. The van der Waals surface area contributed by atoms with E-state index in [4.69, 9.17) is 9.72 Å². The maximum absolute atomic E-state index is 13.2. The molecule has 2 unspecified atom stereocenters. The van der Waals surface area contributed by atoms with E-state index in [1.54, 1.807) is 11.3 Å². The van der Waals surface area contributed by atoms with Crippen molar-refractivity contribution < 1.29 is 14.3 Å². The number of amides is 2. The van der Waals surface area contributed by atoms with Gasteiger partial charge in [-0.05, 0) is 62.6 Å². The van der Waals surface area contributed by atoms with Crippen LogP contribution >= 0.6 is 22.7 Å². The fraction of sp³-hybridized carbons (Fsp3) is 0.464. The van der Waals surface area contributed by atoms with Crippen LogP contribution in [0.5, 0.6) is 5.75 Å². The van der Waals surface area contributed by atoms with Crippen molar-refractivity contribution in [1.82, 2.24) is 15.2 Å². The summed E-state index contributed by atoms with van der Waals surface area (Å²) in [7, 11) is 0. The maximum atomic E-state index is 13.2. The van der Waals surface area contributed by atoms with Crippen molar-refractivity contribution >= 4 is 39.6 Å². The third kappa shape index (κ3) is 6.58. The molecule has 9 heteroatoms. The quantitative estimate of drug-likeness (QED) is 0.386. The summed E-state index contributed by atoms with van der Waals surface area (Å²) in [5, 5.41) is 8.73. The predicted molar refractivity (Wildman–Crippen MR) is 148 cm³/mol. The summed E-state index contributed by atoms with van der Waals surface area (Å²) in [6.07, 6.45) is 4.10. The van der Waals surface area contributed by atoms with E-state index in [-0.39, 0.29) is 17.7 Å². The molecule has 2 atom stereocenters. The van der Waals surface area contributed by atoms with Gasteiger partial charge in [0, 0.05) is 35.0 Å². The number of aromatic nitrogens is 1. The highest BCUT2D eigenvalue weighted by atomic mass is 32.1. The number of hydrogen-bond acceptors (Lipinski definition) is 7. The zero-order valence-corrected chi connectivity index (χ0v) is 22.8. The first-order chi connectivity index (χ1) is 18.1. The van der Waals surface area contributed by atoms with Gasteiger partial charge in [-0.3, -0.25) is 14.5 Å². The van der Waals surface area contributed by atoms with Crippen molar-refractivity contribution in [2.24, 2.45) is 5.92 Å². The van der Waals surface area contributed by atoms with Crippen molar-refractivity contribution in [2.75, 3.05) is 31.6 Å². The molecule has 3 heterocycles. The third-order valence-corrected chi connectivity index (χ3v) is 8.96. The highest BCUT2D eigenvalue weighted by Gasteiger charge is 2.31. The van der Waals surface area contributed by atoms with Crippen molar-refractivity contribution in [2.45, 2.75) is 51.5 Å². The number of rotatable bonds is 10. The molecule has 0 saturated carbocycles. The number of nitrogens with one attached hydrogen (secondary N) is 2. The number of fused-ring (bicyclic) bond motifs is 1. The van der Waals surface area contributed by atoms with Crippen LogP contribution in [0.4, 0.5) is 5.13 Å². The molecular formula is C28H34N4O3S2. The highest BCUT2D eigenvalue weighted by Crippen LogP contribution is 2.37. The SMILES string of the molecule is CCOc1ccccc1CN1CCC(CNC(=O)C2CCCc3sc(NC(=O)Cc4cccs4)nc32)C1. The number of carbonyl (C=O) groups excluding carboxylic acids is 2. The molecule has 0 spiro atoms. The Balaban J connectivity index is 1.12. The lowest BCUT2D eigenvalue weighted by Crippen LogP contribution is -2.35. The fourth-order valence-electron chi connectivity index (χ4n) is 5.22. The number of likely N-dealkylation sites (tertiary alicyclic amines) is 1. The minimum absolute atomic E-state index is 0.0582. The van der Waals surface area contributed by atoms with Crippen LogP contribution in [-0.4, -0.2) is 47.9 Å². The second-order valence-corrected chi connectivity index (χ2v) is 11.9. The minimum Gasteiger partial charge on any atom is -0.494 e. The molecule has 196 valence electrons. The van der Waals surface area contributed by atoms with E-state index in [1.807, 2.05) is 36.6 Å². The Morgan fingerprint density at radius 1 is 1.19 bits per heavy atom. The smallest absolute Gasteiger partial charge is 0.231 e. The number of benzene rings is 1. The highest BCUT2D eigenvalue weighted by molar-refractivity contribution is 7.16. The lowest BCUT2D eigenvalue weighted by atomic mass is 9.90. The van der Waals surface area contributed by atoms with Crippen LogP contribution in [0, 0.1) is 5.92 Å². The van der Waals surface area contributed by atoms with Gasteiger partial charge in [0.1, 0.15) is 5.75 Å². The van der Waals surface area contributed by atoms with Crippen LogP contribution in [0.25, 0.3) is 0 Å². The van der Waals surface area contributed by atoms with E-state index in [9.17, 15) is 9.59 Å². The Morgan fingerprint density at radius 3 is 2.92 bits per heavy atom. The first kappa shape index (κ1) is 25.9. The van der Waals surface area contributed by atoms with Crippen molar-refractivity contribution in [3.05, 3.63) is 62.8 Å². The summed E-state index contributed by atoms with van der Waals surface area (Å²) >= 11 is 3.08. The number of carbonyl (C=O) groups is 2. The molecule has 3 aromatic rings. The largest absolute Gasteiger partial charge is 0.494 e. The van der Waals surface area contributed by atoms with E-state index in [0.29, 0.717) is 30.6 Å². The predicted octanol–water partition coefficient (Wildman–Crippen LogP) is 4.84. The molecule has 2 N–H and O–H groups in total. The average molecular weight is 539 g/mol. The standard InChI is InChI=1S/C28H34N4O3S2/c1-2-35-23-10-4-3-7-20(23)18-32-13-12-19(17-32)16-29-27(34)22-9-5-11-24-26(22)31-28(37-24)30-25(33)15-21-8-6-14-36-21/h3-4,6-8,10,14,19,22H,2,5,9,11-13,15-18H2,1H3,(H,29,34)(H,30,31,33). The summed E-state index contributed by atoms with van der Waals surface area (Å²) in [5.41, 5.74) is 2.06. The van der Waals surface area contributed by atoms with Gasteiger partial charge in [-0.15, -0.1) is 22.7 Å². The van der Waals surface area contributed by atoms with Crippen molar-refractivity contribution in [1.29, 1.82) is 0 Å². The summed E-state index contributed by atoms with van der Waals surface area (Å²) in [4.78, 5) is 34.9. The van der Waals surface area contributed by atoms with Gasteiger partial charge in [0.15, 0.2) is 5.13 Å². The monoisotopic (exact) mass is 538 g/mol. The number of hydrogen-bond donors (Lipinski definition) is 2. The zero-order valence-electron chi connectivity index (χ0n) is 21.2. The van der Waals surface area contributed by atoms with Crippen LogP contribution in [0.15, 0.2) is 41.8 Å². The maximum Gasteiger partial charge on any atom is 0.231 e. The molecule has 1 saturated heterocycles. The van der Waals surface area contributed by atoms with Crippen molar-refractivity contribution in [3.8, 4) is 5.75 Å². The van der Waals surface area contributed by atoms with Gasteiger partial charge in [-0.1, -0.05) is 24.3 Å². The van der Waals surface area contributed by atoms with Gasteiger partial charge in [-0.25, -0.2) is 4.98 Å². The van der Waals surface area contributed by atoms with Crippen LogP contribution in [0.3, 0.4) is 0 Å². The number of thiazole rings is 1. The van der Waals surface area contributed by atoms with Crippen LogP contribution in [0.1, 0.15) is 53.1 Å². The molecule has 1 aliphatic carbocycles. The molecule has 0 radical (unpaired) electrons. The van der Waals surface area contributed by atoms with Gasteiger partial charge in [0.05, 0.1) is 24.6 Å². The fourth-order valence-corrected chi connectivity index (χ4v) is 7.01. The average Bonchev–Trinajstić information content (AvgIpc) is 3.65. The Bertz CT molecular complexity index is 1210. The number of ether oxygens (including phenoxy) is 1. The molecule has 5 rings (SSSR count). The van der Waals surface area contributed by atoms with Crippen molar-refractivity contribution in [3.63, 3.8) is 0 Å². The van der Waals surface area contributed by atoms with E-state index in [2.05, 4.69) is 27.7 Å². The lowest BCUT2D eigenvalue weighted by Gasteiger charge is -2.22. The Morgan fingerprint density at radius 2 is 2.08 bits per heavy atom. The first-order valence-corrected chi connectivity index (χ1v) is 14.8. The molecule has 37 heavy (non-hydrogen) atoms. The summed E-state index contributed by atoms with van der Waals surface area (Å²) in [5.74, 6) is 1.15. The van der Waals surface area contributed by atoms with Crippen LogP contribution in [-0.2, 0) is 29.0 Å². The number of anilines is 1. The van der Waals surface area contributed by atoms with Gasteiger partial charge in [-0.2, -0.15) is 0 Å². The number of para-hydroxylation sites is 1. The normalized spacial score (nSPS) is 19.4. The molecule has 0 bridgehead atoms. The van der Waals surface area contributed by atoms with Gasteiger partial charge in [0.25, 0.3) is 0 Å². The van der Waals surface area contributed by atoms with E-state index < -0.39 is 0 Å². The second kappa shape index (κ2) is 12.2. The zero-order chi connectivity index (χ0) is 25.6. The minimum atomic E-state index is -0.237. The summed E-state index contributed by atoms with van der Waals surface area (Å²) in [6.45, 7) is 6.21. The Labute approximate surface area is 226 Å². The van der Waals surface area contributed by atoms with Gasteiger partial charge < -0.3 is 15.4 Å². The number of thiophene rings is 1. The first-order valence-electron chi connectivity index (χ1n) is 13.1. The third-order valence-electron chi connectivity index (χ3n) is 7.03. The molecule has 7 nitrogen and oxygen atoms in total. The Kier molecular flexibility index (Phi) is 8.53. The second-order valence-electron chi connectivity index (χ2n) is 9.75. The molecule has 2 aliphatic rings. The topological polar surface area (TPSA) is 83.6 Å². The molecule has 2 amide bonds. The molecule has 1 aliphatic heterocycles. The molecule has 1 fully saturated rings. The number of nitrogens with zero attached hydrogens (tertiary/aromatic N) is 2. The molecule has 2 aromatic heterocycles. The van der Waals surface area contributed by atoms with Crippen LogP contribution in [0.2, 0.25) is 0 Å². The lowest BCUT2D eigenvalue weighted by molar-refractivity contribution is -0.123. The van der Waals surface area contributed by atoms with Gasteiger partial charge >= 0.3 is 0 Å².